The average Bonchev–Trinajstić information content (AvgIpc) is 2.68. The summed E-state index contributed by atoms with van der Waals surface area (Å²) >= 11 is 0. The minimum Gasteiger partial charge on any atom is -0.352 e. The second kappa shape index (κ2) is 12.2. The molecule has 0 aromatic heterocycles. The number of hydrogen-bond acceptors (Lipinski definition) is 2. The van der Waals surface area contributed by atoms with Gasteiger partial charge in [-0.2, -0.15) is 0 Å². The first-order chi connectivity index (χ1) is 14.1. The van der Waals surface area contributed by atoms with E-state index in [2.05, 4.69) is 65.2 Å². The SMILES string of the molecule is CC(C)N(C(=N)c1ccccc1)C(C)C.CC(C)N(C(=N)c1ccccc1)C(C)C. The van der Waals surface area contributed by atoms with Crippen molar-refractivity contribution in [2.45, 2.75) is 79.6 Å². The van der Waals surface area contributed by atoms with Crippen LogP contribution in [0.3, 0.4) is 0 Å². The highest BCUT2D eigenvalue weighted by Crippen LogP contribution is 2.12. The lowest BCUT2D eigenvalue weighted by Gasteiger charge is -2.33. The van der Waals surface area contributed by atoms with Gasteiger partial charge in [0.25, 0.3) is 0 Å². The highest BCUT2D eigenvalue weighted by molar-refractivity contribution is 5.97. The van der Waals surface area contributed by atoms with Gasteiger partial charge in [0, 0.05) is 35.3 Å². The van der Waals surface area contributed by atoms with E-state index in [1.807, 2.05) is 60.7 Å². The van der Waals surface area contributed by atoms with Crippen molar-refractivity contribution >= 4 is 11.7 Å². The number of hydrogen-bond donors (Lipinski definition) is 2. The van der Waals surface area contributed by atoms with Crippen molar-refractivity contribution in [1.29, 1.82) is 10.8 Å². The van der Waals surface area contributed by atoms with Gasteiger partial charge < -0.3 is 9.80 Å². The zero-order valence-corrected chi connectivity index (χ0v) is 20.0. The molecule has 0 saturated carbocycles. The molecule has 0 heterocycles. The summed E-state index contributed by atoms with van der Waals surface area (Å²) in [6.45, 7) is 17.0. The van der Waals surface area contributed by atoms with Crippen molar-refractivity contribution in [3.63, 3.8) is 0 Å². The second-order valence-corrected chi connectivity index (χ2v) is 8.62. The van der Waals surface area contributed by atoms with Gasteiger partial charge in [0.15, 0.2) is 0 Å². The van der Waals surface area contributed by atoms with E-state index in [1.165, 1.54) is 0 Å². The van der Waals surface area contributed by atoms with Gasteiger partial charge in [-0.1, -0.05) is 60.7 Å². The number of nitrogens with one attached hydrogen (secondary N) is 2. The van der Waals surface area contributed by atoms with E-state index in [0.717, 1.165) is 11.1 Å². The molecule has 30 heavy (non-hydrogen) atoms. The van der Waals surface area contributed by atoms with Crippen LogP contribution in [0.25, 0.3) is 0 Å². The Hall–Kier alpha value is -2.62. The van der Waals surface area contributed by atoms with E-state index in [-0.39, 0.29) is 0 Å². The molecule has 0 saturated heterocycles. The summed E-state index contributed by atoms with van der Waals surface area (Å²) in [5.74, 6) is 1.22. The molecule has 2 rings (SSSR count). The zero-order chi connectivity index (χ0) is 22.8. The quantitative estimate of drug-likeness (QED) is 0.438. The molecule has 0 amide bonds. The van der Waals surface area contributed by atoms with Crippen LogP contribution in [0.5, 0.6) is 0 Å². The van der Waals surface area contributed by atoms with Gasteiger partial charge in [0.2, 0.25) is 0 Å². The lowest BCUT2D eigenvalue weighted by atomic mass is 10.1. The first kappa shape index (κ1) is 25.4. The summed E-state index contributed by atoms with van der Waals surface area (Å²) in [4.78, 5) is 4.24. The van der Waals surface area contributed by atoms with Crippen LogP contribution in [0, 0.1) is 10.8 Å². The summed E-state index contributed by atoms with van der Waals surface area (Å²) in [7, 11) is 0. The normalized spacial score (nSPS) is 10.8. The Morgan fingerprint density at radius 1 is 0.500 bits per heavy atom. The van der Waals surface area contributed by atoms with Crippen molar-refractivity contribution in [1.82, 2.24) is 9.80 Å². The number of benzene rings is 2. The maximum atomic E-state index is 8.17. The third-order valence-corrected chi connectivity index (χ3v) is 4.84. The average molecular weight is 409 g/mol. The monoisotopic (exact) mass is 408 g/mol. The number of amidine groups is 2. The Balaban J connectivity index is 0.000000300. The maximum Gasteiger partial charge on any atom is 0.128 e. The molecule has 0 spiro atoms. The molecule has 0 unspecified atom stereocenters. The van der Waals surface area contributed by atoms with Crippen molar-refractivity contribution in [3.8, 4) is 0 Å². The summed E-state index contributed by atoms with van der Waals surface area (Å²) in [6, 6.07) is 21.2. The van der Waals surface area contributed by atoms with Gasteiger partial charge in [0.05, 0.1) is 0 Å². The molecule has 0 atom stereocenters. The Kier molecular flexibility index (Phi) is 10.3. The van der Waals surface area contributed by atoms with E-state index in [1.54, 1.807) is 0 Å². The van der Waals surface area contributed by atoms with E-state index < -0.39 is 0 Å². The molecule has 0 fully saturated rings. The van der Waals surface area contributed by atoms with Crippen molar-refractivity contribution in [2.24, 2.45) is 0 Å². The summed E-state index contributed by atoms with van der Waals surface area (Å²) in [5, 5.41) is 16.3. The molecule has 2 N–H and O–H groups in total. The van der Waals surface area contributed by atoms with E-state index >= 15 is 0 Å². The minimum absolute atomic E-state index is 0.359. The molecule has 0 aliphatic carbocycles. The smallest absolute Gasteiger partial charge is 0.128 e. The van der Waals surface area contributed by atoms with Gasteiger partial charge >= 0.3 is 0 Å². The van der Waals surface area contributed by atoms with Crippen LogP contribution in [0.1, 0.15) is 66.5 Å². The van der Waals surface area contributed by atoms with Crippen LogP contribution in [0.2, 0.25) is 0 Å². The molecule has 4 nitrogen and oxygen atoms in total. The summed E-state index contributed by atoms with van der Waals surface area (Å²) in [5.41, 5.74) is 1.97. The van der Waals surface area contributed by atoms with Gasteiger partial charge in [-0.25, -0.2) is 0 Å². The Labute approximate surface area is 183 Å². The van der Waals surface area contributed by atoms with Crippen LogP contribution < -0.4 is 0 Å². The van der Waals surface area contributed by atoms with E-state index in [0.29, 0.717) is 35.8 Å². The van der Waals surface area contributed by atoms with Crippen LogP contribution >= 0.6 is 0 Å². The fourth-order valence-electron chi connectivity index (χ4n) is 3.72. The molecule has 2 aromatic carbocycles. The van der Waals surface area contributed by atoms with Crippen molar-refractivity contribution in [2.75, 3.05) is 0 Å². The van der Waals surface area contributed by atoms with Crippen LogP contribution in [-0.4, -0.2) is 45.6 Å². The topological polar surface area (TPSA) is 54.2 Å². The van der Waals surface area contributed by atoms with E-state index in [9.17, 15) is 0 Å². The highest BCUT2D eigenvalue weighted by atomic mass is 15.2. The predicted octanol–water partition coefficient (Wildman–Crippen LogP) is 6.26. The molecule has 164 valence electrons. The third-order valence-electron chi connectivity index (χ3n) is 4.84. The molecule has 2 aromatic rings. The fraction of sp³-hybridized carbons (Fsp3) is 0.462. The highest BCUT2D eigenvalue weighted by Gasteiger charge is 2.18. The van der Waals surface area contributed by atoms with Crippen LogP contribution in [0.4, 0.5) is 0 Å². The summed E-state index contributed by atoms with van der Waals surface area (Å²) < 4.78 is 0. The Morgan fingerprint density at radius 2 is 0.733 bits per heavy atom. The number of nitrogens with zero attached hydrogens (tertiary/aromatic N) is 2. The van der Waals surface area contributed by atoms with Crippen molar-refractivity contribution < 1.29 is 0 Å². The van der Waals surface area contributed by atoms with Gasteiger partial charge in [-0.15, -0.1) is 0 Å². The predicted molar refractivity (Wildman–Crippen MR) is 131 cm³/mol. The standard InChI is InChI=1S/2C13H20N2/c2*1-10(2)15(11(3)4)13(14)12-8-6-5-7-9-12/h2*5-11,14H,1-4H3. The lowest BCUT2D eigenvalue weighted by molar-refractivity contribution is 0.291. The summed E-state index contributed by atoms with van der Waals surface area (Å²) in [6.07, 6.45) is 0. The van der Waals surface area contributed by atoms with Gasteiger partial charge in [0.1, 0.15) is 11.7 Å². The molecule has 0 bridgehead atoms. The Bertz CT molecular complexity index is 681. The molecule has 4 heteroatoms. The number of rotatable bonds is 6. The lowest BCUT2D eigenvalue weighted by Crippen LogP contribution is -2.42. The Morgan fingerprint density at radius 3 is 0.933 bits per heavy atom. The van der Waals surface area contributed by atoms with Crippen LogP contribution in [-0.2, 0) is 0 Å². The molecule has 0 aliphatic rings. The van der Waals surface area contributed by atoms with E-state index in [4.69, 9.17) is 10.8 Å². The molecular weight excluding hydrogens is 368 g/mol. The molecular formula is C26H40N4. The first-order valence-corrected chi connectivity index (χ1v) is 10.9. The van der Waals surface area contributed by atoms with Gasteiger partial charge in [-0.05, 0) is 55.4 Å². The van der Waals surface area contributed by atoms with Crippen LogP contribution in [0.15, 0.2) is 60.7 Å². The largest absolute Gasteiger partial charge is 0.352 e. The third kappa shape index (κ3) is 7.33. The molecule has 0 aliphatic heterocycles. The second-order valence-electron chi connectivity index (χ2n) is 8.62. The zero-order valence-electron chi connectivity index (χ0n) is 20.0. The minimum atomic E-state index is 0.359. The van der Waals surface area contributed by atoms with Crippen molar-refractivity contribution in [3.05, 3.63) is 71.8 Å². The first-order valence-electron chi connectivity index (χ1n) is 10.9. The fourth-order valence-corrected chi connectivity index (χ4v) is 3.72. The maximum absolute atomic E-state index is 8.17. The molecule has 0 radical (unpaired) electrons. The van der Waals surface area contributed by atoms with Gasteiger partial charge in [-0.3, -0.25) is 10.8 Å².